The monoisotopic (exact) mass is 313 g/mol. The summed E-state index contributed by atoms with van der Waals surface area (Å²) in [5.41, 5.74) is -0.884. The molecule has 0 bridgehead atoms. The highest BCUT2D eigenvalue weighted by molar-refractivity contribution is 7.89. The van der Waals surface area contributed by atoms with Crippen molar-refractivity contribution in [2.75, 3.05) is 11.9 Å². The first-order valence-corrected chi connectivity index (χ1v) is 6.67. The van der Waals surface area contributed by atoms with E-state index in [4.69, 9.17) is 5.14 Å². The standard InChI is InChI=1S/C9H10F3N3O4S/c10-9(11,12)3-4-14-7-2-1-6(20(13,18)19)5-8(7)15(16)17/h1-2,5,14H,3-4H2,(H2,13,18,19). The van der Waals surface area contributed by atoms with Crippen LogP contribution in [0.15, 0.2) is 23.1 Å². The fourth-order valence-electron chi connectivity index (χ4n) is 1.33. The van der Waals surface area contributed by atoms with Crippen molar-refractivity contribution in [3.63, 3.8) is 0 Å². The molecule has 0 amide bonds. The number of anilines is 1. The molecule has 11 heteroatoms. The number of nitrogens with two attached hydrogens (primary N) is 1. The number of hydrogen-bond donors (Lipinski definition) is 2. The second-order valence-corrected chi connectivity index (χ2v) is 5.33. The SMILES string of the molecule is NS(=O)(=O)c1ccc(NCCC(F)(F)F)c([N+](=O)[O-])c1. The molecular weight excluding hydrogens is 303 g/mol. The lowest BCUT2D eigenvalue weighted by molar-refractivity contribution is -0.384. The molecule has 0 aliphatic heterocycles. The van der Waals surface area contributed by atoms with E-state index >= 15 is 0 Å². The van der Waals surface area contributed by atoms with Crippen molar-refractivity contribution >= 4 is 21.4 Å². The van der Waals surface area contributed by atoms with Crippen LogP contribution in [0.5, 0.6) is 0 Å². The lowest BCUT2D eigenvalue weighted by Gasteiger charge is -2.09. The number of hydrogen-bond acceptors (Lipinski definition) is 5. The van der Waals surface area contributed by atoms with E-state index in [2.05, 4.69) is 5.32 Å². The first-order valence-electron chi connectivity index (χ1n) is 5.12. The van der Waals surface area contributed by atoms with Crippen molar-refractivity contribution in [3.05, 3.63) is 28.3 Å². The van der Waals surface area contributed by atoms with Crippen LogP contribution in [0.3, 0.4) is 0 Å². The average Bonchev–Trinajstić information content (AvgIpc) is 2.25. The molecule has 112 valence electrons. The molecule has 7 nitrogen and oxygen atoms in total. The van der Waals surface area contributed by atoms with Crippen molar-refractivity contribution in [2.24, 2.45) is 5.14 Å². The molecule has 0 spiro atoms. The van der Waals surface area contributed by atoms with Gasteiger partial charge < -0.3 is 5.32 Å². The predicted octanol–water partition coefficient (Wildman–Crippen LogP) is 1.61. The number of halogens is 3. The Morgan fingerprint density at radius 3 is 2.40 bits per heavy atom. The van der Waals surface area contributed by atoms with Gasteiger partial charge in [0.1, 0.15) is 5.69 Å². The summed E-state index contributed by atoms with van der Waals surface area (Å²) in [7, 11) is -4.13. The first-order chi connectivity index (χ1) is 9.00. The summed E-state index contributed by atoms with van der Waals surface area (Å²) in [6, 6.07) is 2.65. The van der Waals surface area contributed by atoms with E-state index < -0.39 is 44.7 Å². The van der Waals surface area contributed by atoms with E-state index in [9.17, 15) is 31.7 Å². The van der Waals surface area contributed by atoms with Gasteiger partial charge in [0.15, 0.2) is 0 Å². The van der Waals surface area contributed by atoms with Gasteiger partial charge in [-0.25, -0.2) is 13.6 Å². The van der Waals surface area contributed by atoms with Crippen LogP contribution in [-0.4, -0.2) is 26.1 Å². The van der Waals surface area contributed by atoms with E-state index in [1.165, 1.54) is 0 Å². The molecule has 1 rings (SSSR count). The molecule has 0 aromatic heterocycles. The number of benzene rings is 1. The van der Waals surface area contributed by atoms with Gasteiger partial charge in [0.25, 0.3) is 5.69 Å². The van der Waals surface area contributed by atoms with Gasteiger partial charge in [-0.1, -0.05) is 0 Å². The third-order valence-electron chi connectivity index (χ3n) is 2.22. The van der Waals surface area contributed by atoms with Gasteiger partial charge in [0.05, 0.1) is 16.2 Å². The van der Waals surface area contributed by atoms with E-state index in [1.807, 2.05) is 0 Å². The Labute approximate surface area is 111 Å². The minimum absolute atomic E-state index is 0.216. The summed E-state index contributed by atoms with van der Waals surface area (Å²) in [6.07, 6.45) is -5.58. The molecule has 0 saturated carbocycles. The van der Waals surface area contributed by atoms with Crippen LogP contribution in [0.4, 0.5) is 24.5 Å². The minimum atomic E-state index is -4.40. The lowest BCUT2D eigenvalue weighted by Crippen LogP contribution is -2.16. The number of nitrogens with zero attached hydrogens (tertiary/aromatic N) is 1. The topological polar surface area (TPSA) is 115 Å². The molecule has 20 heavy (non-hydrogen) atoms. The Hall–Kier alpha value is -1.88. The lowest BCUT2D eigenvalue weighted by atomic mass is 10.2. The summed E-state index contributed by atoms with van der Waals surface area (Å²) in [5, 5.41) is 17.8. The number of nitro groups is 1. The molecule has 0 heterocycles. The maximum Gasteiger partial charge on any atom is 0.390 e. The zero-order valence-electron chi connectivity index (χ0n) is 9.85. The zero-order chi connectivity index (χ0) is 15.6. The molecule has 0 radical (unpaired) electrons. The molecule has 0 fully saturated rings. The Morgan fingerprint density at radius 1 is 1.35 bits per heavy atom. The van der Waals surface area contributed by atoms with Crippen molar-refractivity contribution in [2.45, 2.75) is 17.5 Å². The maximum absolute atomic E-state index is 12.0. The molecule has 1 aromatic rings. The highest BCUT2D eigenvalue weighted by Gasteiger charge is 2.27. The van der Waals surface area contributed by atoms with Crippen LogP contribution in [0.25, 0.3) is 0 Å². The van der Waals surface area contributed by atoms with Crippen molar-refractivity contribution in [3.8, 4) is 0 Å². The quantitative estimate of drug-likeness (QED) is 0.633. The van der Waals surface area contributed by atoms with E-state index in [-0.39, 0.29) is 5.69 Å². The second kappa shape index (κ2) is 5.63. The van der Waals surface area contributed by atoms with Gasteiger partial charge in [-0.2, -0.15) is 13.2 Å². The van der Waals surface area contributed by atoms with Crippen LogP contribution in [0.1, 0.15) is 6.42 Å². The van der Waals surface area contributed by atoms with Gasteiger partial charge in [0, 0.05) is 12.6 Å². The van der Waals surface area contributed by atoms with Gasteiger partial charge in [-0.15, -0.1) is 0 Å². The summed E-state index contributed by atoms with van der Waals surface area (Å²) in [5.74, 6) is 0. The summed E-state index contributed by atoms with van der Waals surface area (Å²) < 4.78 is 58.0. The average molecular weight is 313 g/mol. The summed E-state index contributed by atoms with van der Waals surface area (Å²) in [4.78, 5) is 9.36. The van der Waals surface area contributed by atoms with Crippen LogP contribution < -0.4 is 10.5 Å². The van der Waals surface area contributed by atoms with Gasteiger partial charge in [-0.3, -0.25) is 10.1 Å². The van der Waals surface area contributed by atoms with Gasteiger partial charge >= 0.3 is 6.18 Å². The van der Waals surface area contributed by atoms with Crippen molar-refractivity contribution in [1.29, 1.82) is 0 Å². The molecule has 0 saturated heterocycles. The number of sulfonamides is 1. The Bertz CT molecular complexity index is 615. The minimum Gasteiger partial charge on any atom is -0.379 e. The largest absolute Gasteiger partial charge is 0.390 e. The van der Waals surface area contributed by atoms with E-state index in [1.54, 1.807) is 0 Å². The molecule has 0 unspecified atom stereocenters. The molecule has 3 N–H and O–H groups in total. The van der Waals surface area contributed by atoms with Gasteiger partial charge in [0.2, 0.25) is 10.0 Å². The van der Waals surface area contributed by atoms with Gasteiger partial charge in [-0.05, 0) is 12.1 Å². The smallest absolute Gasteiger partial charge is 0.379 e. The van der Waals surface area contributed by atoms with Crippen molar-refractivity contribution < 1.29 is 26.5 Å². The number of nitro benzene ring substituents is 1. The number of rotatable bonds is 5. The predicted molar refractivity (Wildman–Crippen MR) is 63.6 cm³/mol. The van der Waals surface area contributed by atoms with E-state index in [0.717, 1.165) is 12.1 Å². The molecular formula is C9H10F3N3O4S. The maximum atomic E-state index is 12.0. The molecule has 0 aliphatic rings. The highest BCUT2D eigenvalue weighted by Crippen LogP contribution is 2.28. The van der Waals surface area contributed by atoms with Crippen LogP contribution in [-0.2, 0) is 10.0 Å². The number of nitrogens with one attached hydrogen (secondary N) is 1. The van der Waals surface area contributed by atoms with E-state index in [0.29, 0.717) is 6.07 Å². The molecule has 1 aromatic carbocycles. The Morgan fingerprint density at radius 2 is 1.95 bits per heavy atom. The number of primary sulfonamides is 1. The molecule has 0 atom stereocenters. The first kappa shape index (κ1) is 16.2. The normalized spacial score (nSPS) is 12.2. The Kier molecular flexibility index (Phi) is 4.55. The van der Waals surface area contributed by atoms with Crippen LogP contribution >= 0.6 is 0 Å². The van der Waals surface area contributed by atoms with Crippen LogP contribution in [0, 0.1) is 10.1 Å². The van der Waals surface area contributed by atoms with Crippen molar-refractivity contribution in [1.82, 2.24) is 0 Å². The third kappa shape index (κ3) is 4.66. The fraction of sp³-hybridized carbons (Fsp3) is 0.333. The summed E-state index contributed by atoms with van der Waals surface area (Å²) >= 11 is 0. The number of alkyl halides is 3. The molecule has 0 aliphatic carbocycles. The third-order valence-corrected chi connectivity index (χ3v) is 3.13. The second-order valence-electron chi connectivity index (χ2n) is 3.77. The summed E-state index contributed by atoms with van der Waals surface area (Å²) in [6.45, 7) is -0.570. The zero-order valence-corrected chi connectivity index (χ0v) is 10.7. The Balaban J connectivity index is 3.00. The van der Waals surface area contributed by atoms with Crippen LogP contribution in [0.2, 0.25) is 0 Å². The fourth-order valence-corrected chi connectivity index (χ4v) is 1.86. The highest BCUT2D eigenvalue weighted by atomic mass is 32.2.